The Morgan fingerprint density at radius 1 is 1.00 bits per heavy atom. The standard InChI is InChI=1S/C17H27N/c1-17(2,3)16(18)15-11-9-14(10-12-15)13-7-5-4-6-8-13/h9-13,16H,4-8,18H2,1-3H3. The molecule has 1 nitrogen and oxygen atoms in total. The van der Waals surface area contributed by atoms with Crippen LogP contribution in [-0.2, 0) is 0 Å². The fourth-order valence-corrected chi connectivity index (χ4v) is 2.91. The molecule has 0 bridgehead atoms. The second kappa shape index (κ2) is 5.44. The van der Waals surface area contributed by atoms with Crippen molar-refractivity contribution >= 4 is 0 Å². The Morgan fingerprint density at radius 3 is 2.06 bits per heavy atom. The predicted molar refractivity (Wildman–Crippen MR) is 78.7 cm³/mol. The molecular weight excluding hydrogens is 218 g/mol. The van der Waals surface area contributed by atoms with Crippen LogP contribution in [0.2, 0.25) is 0 Å². The topological polar surface area (TPSA) is 26.0 Å². The highest BCUT2D eigenvalue weighted by atomic mass is 14.7. The Labute approximate surface area is 112 Å². The molecule has 2 rings (SSSR count). The largest absolute Gasteiger partial charge is 0.324 e. The lowest BCUT2D eigenvalue weighted by molar-refractivity contribution is 0.327. The molecule has 0 aromatic heterocycles. The van der Waals surface area contributed by atoms with Crippen molar-refractivity contribution in [3.8, 4) is 0 Å². The molecule has 1 fully saturated rings. The lowest BCUT2D eigenvalue weighted by atomic mass is 9.81. The van der Waals surface area contributed by atoms with Crippen molar-refractivity contribution in [3.05, 3.63) is 35.4 Å². The van der Waals surface area contributed by atoms with Crippen molar-refractivity contribution in [1.82, 2.24) is 0 Å². The van der Waals surface area contributed by atoms with Gasteiger partial charge in [-0.05, 0) is 35.3 Å². The van der Waals surface area contributed by atoms with Crippen molar-refractivity contribution < 1.29 is 0 Å². The van der Waals surface area contributed by atoms with Gasteiger partial charge in [0, 0.05) is 6.04 Å². The van der Waals surface area contributed by atoms with Crippen LogP contribution >= 0.6 is 0 Å². The summed E-state index contributed by atoms with van der Waals surface area (Å²) in [6.45, 7) is 6.60. The van der Waals surface area contributed by atoms with Gasteiger partial charge in [-0.2, -0.15) is 0 Å². The molecule has 1 heteroatoms. The minimum absolute atomic E-state index is 0.123. The molecule has 18 heavy (non-hydrogen) atoms. The minimum Gasteiger partial charge on any atom is -0.324 e. The molecule has 0 saturated heterocycles. The van der Waals surface area contributed by atoms with Crippen LogP contribution in [0.1, 0.15) is 76.0 Å². The first-order chi connectivity index (χ1) is 8.48. The maximum Gasteiger partial charge on any atom is 0.0344 e. The van der Waals surface area contributed by atoms with Gasteiger partial charge >= 0.3 is 0 Å². The van der Waals surface area contributed by atoms with Gasteiger partial charge < -0.3 is 5.73 Å². The SMILES string of the molecule is CC(C)(C)C(N)c1ccc(C2CCCCC2)cc1. The number of hydrogen-bond acceptors (Lipinski definition) is 1. The summed E-state index contributed by atoms with van der Waals surface area (Å²) in [6, 6.07) is 9.20. The molecule has 100 valence electrons. The van der Waals surface area contributed by atoms with E-state index >= 15 is 0 Å². The Balaban J connectivity index is 2.09. The molecule has 0 radical (unpaired) electrons. The second-order valence-electron chi connectivity index (χ2n) is 6.85. The van der Waals surface area contributed by atoms with Gasteiger partial charge in [0.05, 0.1) is 0 Å². The number of rotatable bonds is 2. The van der Waals surface area contributed by atoms with E-state index in [-0.39, 0.29) is 11.5 Å². The maximum absolute atomic E-state index is 6.30. The average molecular weight is 245 g/mol. The Hall–Kier alpha value is -0.820. The van der Waals surface area contributed by atoms with Gasteiger partial charge in [-0.25, -0.2) is 0 Å². The van der Waals surface area contributed by atoms with Gasteiger partial charge in [0.1, 0.15) is 0 Å². The van der Waals surface area contributed by atoms with Gasteiger partial charge in [0.15, 0.2) is 0 Å². The second-order valence-corrected chi connectivity index (χ2v) is 6.85. The molecule has 1 aliphatic rings. The first-order valence-corrected chi connectivity index (χ1v) is 7.34. The van der Waals surface area contributed by atoms with E-state index in [4.69, 9.17) is 5.73 Å². The third kappa shape index (κ3) is 3.14. The Morgan fingerprint density at radius 2 is 1.56 bits per heavy atom. The lowest BCUT2D eigenvalue weighted by Gasteiger charge is -2.28. The molecule has 1 atom stereocenters. The predicted octanol–water partition coefficient (Wildman–Crippen LogP) is 4.78. The van der Waals surface area contributed by atoms with Crippen LogP contribution in [0.15, 0.2) is 24.3 Å². The third-order valence-electron chi connectivity index (χ3n) is 4.31. The minimum atomic E-state index is 0.123. The third-order valence-corrected chi connectivity index (χ3v) is 4.31. The Bertz CT molecular complexity index is 366. The Kier molecular flexibility index (Phi) is 4.11. The normalized spacial score (nSPS) is 19.8. The van der Waals surface area contributed by atoms with E-state index in [1.54, 1.807) is 0 Å². The molecule has 1 aromatic rings. The van der Waals surface area contributed by atoms with Crippen molar-refractivity contribution in [2.75, 3.05) is 0 Å². The molecule has 0 amide bonds. The molecular formula is C17H27N. The smallest absolute Gasteiger partial charge is 0.0344 e. The summed E-state index contributed by atoms with van der Waals surface area (Å²) in [5.74, 6) is 0.790. The van der Waals surface area contributed by atoms with Crippen molar-refractivity contribution in [2.24, 2.45) is 11.1 Å². The highest BCUT2D eigenvalue weighted by molar-refractivity contribution is 5.28. The first-order valence-electron chi connectivity index (χ1n) is 7.34. The quantitative estimate of drug-likeness (QED) is 0.797. The number of benzene rings is 1. The summed E-state index contributed by atoms with van der Waals surface area (Å²) < 4.78 is 0. The van der Waals surface area contributed by atoms with Crippen LogP contribution in [0.5, 0.6) is 0 Å². The van der Waals surface area contributed by atoms with Gasteiger partial charge in [-0.3, -0.25) is 0 Å². The molecule has 0 spiro atoms. The lowest BCUT2D eigenvalue weighted by Crippen LogP contribution is -2.26. The summed E-state index contributed by atoms with van der Waals surface area (Å²) in [6.07, 6.45) is 6.95. The maximum atomic E-state index is 6.30. The van der Waals surface area contributed by atoms with E-state index in [9.17, 15) is 0 Å². The van der Waals surface area contributed by atoms with Gasteiger partial charge in [0.25, 0.3) is 0 Å². The van der Waals surface area contributed by atoms with E-state index in [1.807, 2.05) is 0 Å². The van der Waals surface area contributed by atoms with Crippen molar-refractivity contribution in [1.29, 1.82) is 0 Å². The van der Waals surface area contributed by atoms with Gasteiger partial charge in [-0.1, -0.05) is 64.3 Å². The highest BCUT2D eigenvalue weighted by Crippen LogP contribution is 2.34. The van der Waals surface area contributed by atoms with E-state index < -0.39 is 0 Å². The zero-order valence-corrected chi connectivity index (χ0v) is 12.1. The van der Waals surface area contributed by atoms with Crippen LogP contribution in [0.3, 0.4) is 0 Å². The molecule has 1 aromatic carbocycles. The van der Waals surface area contributed by atoms with E-state index in [0.717, 1.165) is 5.92 Å². The van der Waals surface area contributed by atoms with E-state index in [2.05, 4.69) is 45.0 Å². The summed E-state index contributed by atoms with van der Waals surface area (Å²) in [5, 5.41) is 0. The summed E-state index contributed by atoms with van der Waals surface area (Å²) >= 11 is 0. The van der Waals surface area contributed by atoms with Crippen LogP contribution in [-0.4, -0.2) is 0 Å². The number of hydrogen-bond donors (Lipinski definition) is 1. The van der Waals surface area contributed by atoms with Gasteiger partial charge in [-0.15, -0.1) is 0 Å². The van der Waals surface area contributed by atoms with Crippen molar-refractivity contribution in [3.63, 3.8) is 0 Å². The fourth-order valence-electron chi connectivity index (χ4n) is 2.91. The molecule has 1 saturated carbocycles. The highest BCUT2D eigenvalue weighted by Gasteiger charge is 2.22. The molecule has 0 aliphatic heterocycles. The first kappa shape index (κ1) is 13.6. The van der Waals surface area contributed by atoms with Crippen LogP contribution in [0.25, 0.3) is 0 Å². The fraction of sp³-hybridized carbons (Fsp3) is 0.647. The monoisotopic (exact) mass is 245 g/mol. The number of nitrogens with two attached hydrogens (primary N) is 1. The zero-order valence-electron chi connectivity index (χ0n) is 12.1. The van der Waals surface area contributed by atoms with E-state index in [0.29, 0.717) is 0 Å². The van der Waals surface area contributed by atoms with Crippen LogP contribution in [0.4, 0.5) is 0 Å². The molecule has 1 unspecified atom stereocenters. The summed E-state index contributed by atoms with van der Waals surface area (Å²) in [7, 11) is 0. The summed E-state index contributed by atoms with van der Waals surface area (Å²) in [5.41, 5.74) is 9.21. The van der Waals surface area contributed by atoms with Crippen molar-refractivity contribution in [2.45, 2.75) is 64.8 Å². The average Bonchev–Trinajstić information content (AvgIpc) is 2.38. The van der Waals surface area contributed by atoms with Crippen LogP contribution in [0, 0.1) is 5.41 Å². The zero-order chi connectivity index (χ0) is 13.2. The molecule has 2 N–H and O–H groups in total. The molecule has 1 aliphatic carbocycles. The van der Waals surface area contributed by atoms with Gasteiger partial charge in [0.2, 0.25) is 0 Å². The van der Waals surface area contributed by atoms with Crippen LogP contribution < -0.4 is 5.73 Å². The summed E-state index contributed by atoms with van der Waals surface area (Å²) in [4.78, 5) is 0. The molecule has 0 heterocycles. The van der Waals surface area contributed by atoms with E-state index in [1.165, 1.54) is 43.2 Å².